The predicted octanol–water partition coefficient (Wildman–Crippen LogP) is 3.01. The smallest absolute Gasteiger partial charge is 0.307 e. The van der Waals surface area contributed by atoms with Crippen LogP contribution in [0, 0.1) is 0 Å². The Hall–Kier alpha value is -2.01. The molecule has 1 aromatic carbocycles. The van der Waals surface area contributed by atoms with Crippen molar-refractivity contribution in [3.63, 3.8) is 0 Å². The topological polar surface area (TPSA) is 54.0 Å². The monoisotopic (exact) mass is 245 g/mol. The van der Waals surface area contributed by atoms with Gasteiger partial charge in [-0.15, -0.1) is 12.6 Å². The van der Waals surface area contributed by atoms with Crippen molar-refractivity contribution in [2.45, 2.75) is 4.90 Å². The zero-order valence-corrected chi connectivity index (χ0v) is 9.82. The van der Waals surface area contributed by atoms with E-state index >= 15 is 0 Å². The molecule has 2 aromatic rings. The van der Waals surface area contributed by atoms with Crippen LogP contribution in [-0.4, -0.2) is 11.0 Å². The van der Waals surface area contributed by atoms with Crippen LogP contribution in [0.5, 0.6) is 0 Å². The van der Waals surface area contributed by atoms with Crippen molar-refractivity contribution in [2.24, 2.45) is 0 Å². The van der Waals surface area contributed by atoms with Gasteiger partial charge in [-0.1, -0.05) is 18.2 Å². The summed E-state index contributed by atoms with van der Waals surface area (Å²) in [5, 5.41) is 5.31. The second kappa shape index (κ2) is 5.36. The summed E-state index contributed by atoms with van der Waals surface area (Å²) in [6.45, 7) is 0. The highest BCUT2D eigenvalue weighted by Crippen LogP contribution is 2.18. The Labute approximate surface area is 104 Å². The first-order chi connectivity index (χ1) is 8.25. The third kappa shape index (κ3) is 3.22. The van der Waals surface area contributed by atoms with Crippen LogP contribution in [0.4, 0.5) is 16.3 Å². The molecule has 0 aliphatic rings. The first-order valence-corrected chi connectivity index (χ1v) is 5.47. The number of pyridine rings is 1. The maximum atomic E-state index is 11.6. The molecule has 1 heterocycles. The van der Waals surface area contributed by atoms with Crippen LogP contribution in [0.15, 0.2) is 53.6 Å². The number of amides is 2. The molecule has 0 saturated carbocycles. The average Bonchev–Trinajstić information content (AvgIpc) is 2.33. The molecule has 0 radical (unpaired) electrons. The van der Waals surface area contributed by atoms with Gasteiger partial charge in [-0.05, 0) is 24.3 Å². The minimum Gasteiger partial charge on any atom is -0.307 e. The minimum absolute atomic E-state index is 0.342. The number of urea groups is 1. The molecule has 1 aromatic heterocycles. The Morgan fingerprint density at radius 3 is 2.53 bits per heavy atom. The standard InChI is InChI=1S/C12H11N3OS/c16-12(15-11-7-3-4-8-13-11)14-9-5-1-2-6-10(9)17/h1-8,17H,(H2,13,14,15,16). The van der Waals surface area contributed by atoms with Gasteiger partial charge in [0.2, 0.25) is 0 Å². The van der Waals surface area contributed by atoms with Crippen molar-refractivity contribution < 1.29 is 4.79 Å². The highest BCUT2D eigenvalue weighted by molar-refractivity contribution is 7.80. The van der Waals surface area contributed by atoms with Gasteiger partial charge in [0.05, 0.1) is 5.69 Å². The molecule has 0 aliphatic heterocycles. The van der Waals surface area contributed by atoms with E-state index in [1.165, 1.54) is 0 Å². The van der Waals surface area contributed by atoms with Crippen molar-refractivity contribution >= 4 is 30.2 Å². The third-order valence-electron chi connectivity index (χ3n) is 2.06. The molecular formula is C12H11N3OS. The average molecular weight is 245 g/mol. The Kier molecular flexibility index (Phi) is 3.62. The number of benzene rings is 1. The van der Waals surface area contributed by atoms with Gasteiger partial charge < -0.3 is 5.32 Å². The number of aromatic nitrogens is 1. The number of nitrogens with zero attached hydrogens (tertiary/aromatic N) is 1. The molecule has 86 valence electrons. The number of hydrogen-bond acceptors (Lipinski definition) is 3. The molecule has 17 heavy (non-hydrogen) atoms. The van der Waals surface area contributed by atoms with Crippen molar-refractivity contribution in [1.29, 1.82) is 0 Å². The Morgan fingerprint density at radius 2 is 1.82 bits per heavy atom. The van der Waals surface area contributed by atoms with E-state index in [9.17, 15) is 4.79 Å². The normalized spacial score (nSPS) is 9.71. The summed E-state index contributed by atoms with van der Waals surface area (Å²) < 4.78 is 0. The number of rotatable bonds is 2. The lowest BCUT2D eigenvalue weighted by Crippen LogP contribution is -2.20. The quantitative estimate of drug-likeness (QED) is 0.712. The van der Waals surface area contributed by atoms with Crippen LogP contribution in [0.2, 0.25) is 0 Å². The Morgan fingerprint density at radius 1 is 1.06 bits per heavy atom. The number of hydrogen-bond donors (Lipinski definition) is 3. The zero-order chi connectivity index (χ0) is 12.1. The van der Waals surface area contributed by atoms with Crippen LogP contribution in [0.1, 0.15) is 0 Å². The van der Waals surface area contributed by atoms with Crippen LogP contribution in [-0.2, 0) is 0 Å². The molecule has 0 fully saturated rings. The van der Waals surface area contributed by atoms with Crippen LogP contribution >= 0.6 is 12.6 Å². The summed E-state index contributed by atoms with van der Waals surface area (Å²) in [4.78, 5) is 16.3. The van der Waals surface area contributed by atoms with E-state index in [0.717, 1.165) is 0 Å². The lowest BCUT2D eigenvalue weighted by molar-refractivity contribution is 0.262. The number of nitrogens with one attached hydrogen (secondary N) is 2. The molecule has 0 aliphatic carbocycles. The molecule has 2 amide bonds. The minimum atomic E-state index is -0.342. The molecule has 0 atom stereocenters. The molecule has 5 heteroatoms. The van der Waals surface area contributed by atoms with E-state index in [1.807, 2.05) is 12.1 Å². The van der Waals surface area contributed by atoms with Gasteiger partial charge in [0.1, 0.15) is 5.82 Å². The third-order valence-corrected chi connectivity index (χ3v) is 2.45. The molecule has 0 spiro atoms. The highest BCUT2D eigenvalue weighted by atomic mass is 32.1. The SMILES string of the molecule is O=C(Nc1ccccn1)Nc1ccccc1S. The summed E-state index contributed by atoms with van der Waals surface area (Å²) in [6, 6.07) is 12.2. The second-order valence-electron chi connectivity index (χ2n) is 3.31. The van der Waals surface area contributed by atoms with Gasteiger partial charge >= 0.3 is 6.03 Å². The van der Waals surface area contributed by atoms with Crippen LogP contribution in [0.25, 0.3) is 0 Å². The molecule has 0 unspecified atom stereocenters. The summed E-state index contributed by atoms with van der Waals surface area (Å²) in [5.74, 6) is 0.502. The van der Waals surface area contributed by atoms with Gasteiger partial charge in [-0.25, -0.2) is 9.78 Å². The molecule has 0 saturated heterocycles. The molecule has 2 rings (SSSR count). The van der Waals surface area contributed by atoms with E-state index in [1.54, 1.807) is 36.5 Å². The first kappa shape index (κ1) is 11.5. The largest absolute Gasteiger partial charge is 0.324 e. The predicted molar refractivity (Wildman–Crippen MR) is 70.6 cm³/mol. The van der Waals surface area contributed by atoms with Gasteiger partial charge in [0, 0.05) is 11.1 Å². The Bertz CT molecular complexity index is 516. The summed E-state index contributed by atoms with van der Waals surface area (Å²) in [6.07, 6.45) is 1.61. The number of thiol groups is 1. The highest BCUT2D eigenvalue weighted by Gasteiger charge is 2.04. The van der Waals surface area contributed by atoms with Crippen molar-refractivity contribution in [3.8, 4) is 0 Å². The second-order valence-corrected chi connectivity index (χ2v) is 3.79. The van der Waals surface area contributed by atoms with Gasteiger partial charge in [-0.2, -0.15) is 0 Å². The van der Waals surface area contributed by atoms with Crippen molar-refractivity contribution in [1.82, 2.24) is 4.98 Å². The maximum Gasteiger partial charge on any atom is 0.324 e. The van der Waals surface area contributed by atoms with E-state index in [2.05, 4.69) is 28.2 Å². The molecule has 2 N–H and O–H groups in total. The van der Waals surface area contributed by atoms with E-state index in [0.29, 0.717) is 16.4 Å². The molecule has 4 nitrogen and oxygen atoms in total. The fourth-order valence-corrected chi connectivity index (χ4v) is 1.50. The van der Waals surface area contributed by atoms with Gasteiger partial charge in [-0.3, -0.25) is 5.32 Å². The van der Waals surface area contributed by atoms with Gasteiger partial charge in [0.25, 0.3) is 0 Å². The van der Waals surface area contributed by atoms with Gasteiger partial charge in [0.15, 0.2) is 0 Å². The van der Waals surface area contributed by atoms with E-state index < -0.39 is 0 Å². The fraction of sp³-hybridized carbons (Fsp3) is 0. The summed E-state index contributed by atoms with van der Waals surface area (Å²) >= 11 is 4.24. The van der Waals surface area contributed by atoms with E-state index in [-0.39, 0.29) is 6.03 Å². The number of carbonyl (C=O) groups is 1. The summed E-state index contributed by atoms with van der Waals surface area (Å²) in [7, 11) is 0. The van der Waals surface area contributed by atoms with E-state index in [4.69, 9.17) is 0 Å². The summed E-state index contributed by atoms with van der Waals surface area (Å²) in [5.41, 5.74) is 0.657. The number of anilines is 2. The zero-order valence-electron chi connectivity index (χ0n) is 8.92. The molecular weight excluding hydrogens is 234 g/mol. The lowest BCUT2D eigenvalue weighted by atomic mass is 10.3. The van der Waals surface area contributed by atoms with Crippen LogP contribution in [0.3, 0.4) is 0 Å². The van der Waals surface area contributed by atoms with Crippen molar-refractivity contribution in [2.75, 3.05) is 10.6 Å². The fourth-order valence-electron chi connectivity index (χ4n) is 1.29. The van der Waals surface area contributed by atoms with Crippen molar-refractivity contribution in [3.05, 3.63) is 48.7 Å². The Balaban J connectivity index is 2.01. The lowest BCUT2D eigenvalue weighted by Gasteiger charge is -2.08. The maximum absolute atomic E-state index is 11.6. The molecule has 0 bridgehead atoms. The first-order valence-electron chi connectivity index (χ1n) is 5.03. The van der Waals surface area contributed by atoms with Crippen LogP contribution < -0.4 is 10.6 Å². The number of carbonyl (C=O) groups excluding carboxylic acids is 1. The number of para-hydroxylation sites is 1.